The summed E-state index contributed by atoms with van der Waals surface area (Å²) in [5, 5.41) is 32.0. The van der Waals surface area contributed by atoms with Crippen LogP contribution in [0.5, 0.6) is 5.75 Å². The van der Waals surface area contributed by atoms with E-state index in [9.17, 15) is 19.8 Å². The molecule has 1 aromatic carbocycles. The number of ether oxygens (including phenoxy) is 1. The van der Waals surface area contributed by atoms with Crippen LogP contribution in [-0.4, -0.2) is 74.7 Å². The first-order valence-electron chi connectivity index (χ1n) is 10.7. The number of amides is 1. The van der Waals surface area contributed by atoms with Crippen molar-refractivity contribution in [1.82, 2.24) is 14.7 Å². The second-order valence-electron chi connectivity index (χ2n) is 7.99. The fourth-order valence-corrected chi connectivity index (χ4v) is 4.12. The first kappa shape index (κ1) is 25.9. The minimum Gasteiger partial charge on any atom is -0.497 e. The molecule has 1 saturated heterocycles. The molecule has 2 atom stereocenters. The van der Waals surface area contributed by atoms with Gasteiger partial charge in [0.1, 0.15) is 11.2 Å². The van der Waals surface area contributed by atoms with Crippen LogP contribution < -0.4 is 4.74 Å². The van der Waals surface area contributed by atoms with E-state index in [1.807, 2.05) is 13.8 Å². The van der Waals surface area contributed by atoms with E-state index in [4.69, 9.17) is 14.6 Å². The van der Waals surface area contributed by atoms with Crippen LogP contribution in [0.1, 0.15) is 41.4 Å². The fraction of sp³-hybridized carbons (Fsp3) is 0.478. The van der Waals surface area contributed by atoms with Crippen molar-refractivity contribution in [3.63, 3.8) is 0 Å². The van der Waals surface area contributed by atoms with Crippen molar-refractivity contribution < 1.29 is 34.4 Å². The summed E-state index contributed by atoms with van der Waals surface area (Å²) < 4.78 is 7.02. The molecule has 180 valence electrons. The molecule has 1 amide bonds. The van der Waals surface area contributed by atoms with E-state index in [0.29, 0.717) is 24.4 Å². The fourth-order valence-electron chi connectivity index (χ4n) is 4.12. The second kappa shape index (κ2) is 11.5. The van der Waals surface area contributed by atoms with Gasteiger partial charge in [0.25, 0.3) is 12.4 Å². The second-order valence-corrected chi connectivity index (χ2v) is 7.99. The highest BCUT2D eigenvalue weighted by atomic mass is 16.5. The SMILES string of the molecule is CCCn1ncc(C(=O)N2CC[C@H](O)[C@](Cc3cccc(OC)c3)(C(=O)O)C2)c1C.O=CO. The molecule has 1 aliphatic rings. The molecule has 1 aliphatic heterocycles. The lowest BCUT2D eigenvalue weighted by molar-refractivity contribution is -0.161. The van der Waals surface area contributed by atoms with Crippen molar-refractivity contribution in [3.05, 3.63) is 47.3 Å². The zero-order valence-corrected chi connectivity index (χ0v) is 19.1. The van der Waals surface area contributed by atoms with E-state index in [-0.39, 0.29) is 31.8 Å². The first-order chi connectivity index (χ1) is 15.7. The largest absolute Gasteiger partial charge is 0.497 e. The van der Waals surface area contributed by atoms with Gasteiger partial charge in [-0.1, -0.05) is 19.1 Å². The van der Waals surface area contributed by atoms with E-state index in [2.05, 4.69) is 5.10 Å². The molecule has 10 nitrogen and oxygen atoms in total. The molecule has 2 heterocycles. The molecule has 0 saturated carbocycles. The summed E-state index contributed by atoms with van der Waals surface area (Å²) in [5.74, 6) is -0.753. The van der Waals surface area contributed by atoms with Gasteiger partial charge in [0, 0.05) is 25.3 Å². The Bertz CT molecular complexity index is 975. The van der Waals surface area contributed by atoms with Crippen molar-refractivity contribution in [2.45, 2.75) is 45.8 Å². The molecular weight excluding hydrogens is 430 g/mol. The summed E-state index contributed by atoms with van der Waals surface area (Å²) in [7, 11) is 1.54. The lowest BCUT2D eigenvalue weighted by atomic mass is 9.72. The third-order valence-electron chi connectivity index (χ3n) is 5.92. The van der Waals surface area contributed by atoms with Crippen LogP contribution in [0.25, 0.3) is 0 Å². The summed E-state index contributed by atoms with van der Waals surface area (Å²) in [4.78, 5) is 35.4. The highest BCUT2D eigenvalue weighted by molar-refractivity contribution is 5.95. The maximum atomic E-state index is 13.2. The third-order valence-corrected chi connectivity index (χ3v) is 5.92. The van der Waals surface area contributed by atoms with Crippen molar-refractivity contribution in [2.24, 2.45) is 5.41 Å². The van der Waals surface area contributed by atoms with Gasteiger partial charge in [-0.2, -0.15) is 5.10 Å². The average molecular weight is 462 g/mol. The smallest absolute Gasteiger partial charge is 0.314 e. The van der Waals surface area contributed by atoms with Crippen LogP contribution in [0.4, 0.5) is 0 Å². The van der Waals surface area contributed by atoms with Crippen LogP contribution in [-0.2, 0) is 22.6 Å². The molecule has 0 radical (unpaired) electrons. The lowest BCUT2D eigenvalue weighted by Gasteiger charge is -2.43. The van der Waals surface area contributed by atoms with Gasteiger partial charge in [0.05, 0.1) is 25.0 Å². The number of carbonyl (C=O) groups is 3. The molecule has 33 heavy (non-hydrogen) atoms. The number of nitrogens with zero attached hydrogens (tertiary/aromatic N) is 3. The third kappa shape index (κ3) is 5.70. The summed E-state index contributed by atoms with van der Waals surface area (Å²) in [6.45, 7) is 4.57. The Morgan fingerprint density at radius 2 is 2.06 bits per heavy atom. The highest BCUT2D eigenvalue weighted by Gasteiger charge is 2.50. The van der Waals surface area contributed by atoms with Crippen LogP contribution in [0.15, 0.2) is 30.5 Å². The first-order valence-corrected chi connectivity index (χ1v) is 10.7. The van der Waals surface area contributed by atoms with Crippen LogP contribution in [0, 0.1) is 12.3 Å². The standard InChI is InChI=1S/C22H29N3O5.CH2O2/c1-4-9-25-15(2)18(13-23-25)20(27)24-10-8-19(26)22(14-24,21(28)29)12-16-6-5-7-17(11-16)30-3;2-1-3/h5-7,11,13,19,26H,4,8-10,12,14H2,1-3H3,(H,28,29);1H,(H,2,3)/t19-,22+;/m0./s1. The number of carboxylic acid groups (broad SMARTS) is 2. The van der Waals surface area contributed by atoms with Gasteiger partial charge in [0.2, 0.25) is 0 Å². The zero-order valence-electron chi connectivity index (χ0n) is 19.1. The van der Waals surface area contributed by atoms with Crippen LogP contribution >= 0.6 is 0 Å². The number of aliphatic hydroxyl groups is 1. The predicted molar refractivity (Wildman–Crippen MR) is 119 cm³/mol. The number of aryl methyl sites for hydroxylation is 1. The zero-order chi connectivity index (χ0) is 24.6. The van der Waals surface area contributed by atoms with Gasteiger partial charge in [0.15, 0.2) is 0 Å². The number of hydrogen-bond donors (Lipinski definition) is 3. The van der Waals surface area contributed by atoms with Crippen molar-refractivity contribution in [1.29, 1.82) is 0 Å². The van der Waals surface area contributed by atoms with Crippen LogP contribution in [0.3, 0.4) is 0 Å². The molecule has 0 spiro atoms. The van der Waals surface area contributed by atoms with E-state index >= 15 is 0 Å². The number of likely N-dealkylation sites (tertiary alicyclic amines) is 1. The molecule has 2 aromatic rings. The van der Waals surface area contributed by atoms with Crippen LogP contribution in [0.2, 0.25) is 0 Å². The average Bonchev–Trinajstić information content (AvgIpc) is 3.15. The summed E-state index contributed by atoms with van der Waals surface area (Å²) >= 11 is 0. The van der Waals surface area contributed by atoms with Gasteiger partial charge in [-0.25, -0.2) is 0 Å². The van der Waals surface area contributed by atoms with E-state index in [1.54, 1.807) is 42.3 Å². The minimum absolute atomic E-state index is 0.0715. The van der Waals surface area contributed by atoms with E-state index < -0.39 is 17.5 Å². The predicted octanol–water partition coefficient (Wildman–Crippen LogP) is 1.83. The van der Waals surface area contributed by atoms with Gasteiger partial charge in [-0.3, -0.25) is 19.1 Å². The number of hydrogen-bond acceptors (Lipinski definition) is 6. The molecule has 10 heteroatoms. The monoisotopic (exact) mass is 461 g/mol. The van der Waals surface area contributed by atoms with Crippen molar-refractivity contribution in [2.75, 3.05) is 20.2 Å². The van der Waals surface area contributed by atoms with Crippen molar-refractivity contribution >= 4 is 18.3 Å². The Labute approximate surface area is 192 Å². The molecule has 0 bridgehead atoms. The number of carboxylic acids is 1. The molecule has 0 unspecified atom stereocenters. The minimum atomic E-state index is -1.49. The lowest BCUT2D eigenvalue weighted by Crippen LogP contribution is -2.58. The van der Waals surface area contributed by atoms with Gasteiger partial charge < -0.3 is 25.0 Å². The quantitative estimate of drug-likeness (QED) is 0.530. The van der Waals surface area contributed by atoms with E-state index in [0.717, 1.165) is 17.7 Å². The number of aromatic nitrogens is 2. The summed E-state index contributed by atoms with van der Waals surface area (Å²) in [6, 6.07) is 7.13. The Morgan fingerprint density at radius 3 is 2.67 bits per heavy atom. The van der Waals surface area contributed by atoms with Crippen molar-refractivity contribution in [3.8, 4) is 5.75 Å². The Balaban J connectivity index is 0.00000122. The number of aliphatic carboxylic acids is 1. The molecule has 3 N–H and O–H groups in total. The number of methoxy groups -OCH3 is 1. The Kier molecular flexibility index (Phi) is 8.98. The topological polar surface area (TPSA) is 142 Å². The Morgan fingerprint density at radius 1 is 1.36 bits per heavy atom. The number of piperidine rings is 1. The summed E-state index contributed by atoms with van der Waals surface area (Å²) in [6.07, 6.45) is 1.68. The molecule has 3 rings (SSSR count). The van der Waals surface area contributed by atoms with Gasteiger partial charge >= 0.3 is 5.97 Å². The van der Waals surface area contributed by atoms with Gasteiger partial charge in [-0.05, 0) is 43.9 Å². The van der Waals surface area contributed by atoms with E-state index in [1.165, 1.54) is 4.90 Å². The molecule has 1 fully saturated rings. The number of aliphatic hydroxyl groups excluding tert-OH is 1. The maximum Gasteiger partial charge on any atom is 0.314 e. The number of carbonyl (C=O) groups excluding carboxylic acids is 1. The number of benzene rings is 1. The number of rotatable bonds is 7. The molecule has 1 aromatic heterocycles. The molecule has 0 aliphatic carbocycles. The highest BCUT2D eigenvalue weighted by Crippen LogP contribution is 2.36. The maximum absolute atomic E-state index is 13.2. The summed E-state index contributed by atoms with van der Waals surface area (Å²) in [5.41, 5.74) is 0.479. The van der Waals surface area contributed by atoms with Gasteiger partial charge in [-0.15, -0.1) is 0 Å². The molecular formula is C23H31N3O7. The Hall–Kier alpha value is -3.40. The normalized spacial score (nSPS) is 19.9.